The molecule has 78 heavy (non-hydrogen) atoms. The van der Waals surface area contributed by atoms with Crippen LogP contribution in [-0.4, -0.2) is 148 Å². The number of aliphatic hydroxyl groups excluding tert-OH is 1. The van der Waals surface area contributed by atoms with Crippen LogP contribution in [0.1, 0.15) is 41.4 Å². The Bertz CT molecular complexity index is 4240. The highest BCUT2D eigenvalue weighted by Gasteiger charge is 2.54. The summed E-state index contributed by atoms with van der Waals surface area (Å²) in [5, 5.41) is 185. The van der Waals surface area contributed by atoms with Gasteiger partial charge >= 0.3 is 35.1 Å². The number of hydrogen-bond donors (Lipinski definition) is 17. The standard InChI is InChI=1S/C48H28O30/c49-11-2-7-16(29(57)26(11)54)17-8(3-12(50)27(55)30(17)58)45(68)78-41-40(77-44(7)67)37-14(73-48(41)71)5-72-42(65)10-1-6(24(52)34(62)25(10)53)15-22-20-21-23(47(70)76-38(20)35(63)32(15)60)19(33(61)36(64)39(21)75-46(22)69)18-9(43(66)74-37)4-13(51)28(56)31(18)59/h1-4,14,37,40-41,48-64,71H,5H2/t14-,37-,40+,41-,48?/m1/s1. The van der Waals surface area contributed by atoms with Crippen LogP contribution in [0.15, 0.2) is 42.7 Å². The molecule has 30 heteroatoms. The third-order valence-electron chi connectivity index (χ3n) is 13.2. The molecule has 6 aromatic carbocycles. The number of fused-ring (bicyclic) bond motifs is 11. The molecule has 3 aliphatic rings. The molecule has 8 aromatic rings. The summed E-state index contributed by atoms with van der Waals surface area (Å²) in [7, 11) is 0. The Morgan fingerprint density at radius 1 is 0.346 bits per heavy atom. The van der Waals surface area contributed by atoms with Crippen LogP contribution in [0, 0.1) is 0 Å². The Morgan fingerprint density at radius 2 is 0.731 bits per heavy atom. The molecule has 0 saturated carbocycles. The summed E-state index contributed by atoms with van der Waals surface area (Å²) in [5.41, 5.74) is -17.4. The van der Waals surface area contributed by atoms with Gasteiger partial charge in [-0.3, -0.25) is 0 Å². The van der Waals surface area contributed by atoms with Crippen molar-refractivity contribution in [3.05, 3.63) is 67.4 Å². The fourth-order valence-electron chi connectivity index (χ4n) is 9.68. The van der Waals surface area contributed by atoms with Gasteiger partial charge in [-0.1, -0.05) is 0 Å². The second-order valence-electron chi connectivity index (χ2n) is 17.4. The van der Waals surface area contributed by atoms with Crippen molar-refractivity contribution in [2.24, 2.45) is 0 Å². The first-order chi connectivity index (χ1) is 36.8. The second-order valence-corrected chi connectivity index (χ2v) is 17.4. The minimum absolute atomic E-state index is 0.289. The third-order valence-corrected chi connectivity index (χ3v) is 13.2. The normalized spacial score (nSPS) is 19.3. The van der Waals surface area contributed by atoms with Gasteiger partial charge in [0, 0.05) is 44.2 Å². The monoisotopic (exact) mass is 1080 g/mol. The number of esters is 4. The van der Waals surface area contributed by atoms with E-state index in [1.165, 1.54) is 0 Å². The summed E-state index contributed by atoms with van der Waals surface area (Å²) in [4.78, 5) is 86.1. The average molecular weight is 1080 g/mol. The summed E-state index contributed by atoms with van der Waals surface area (Å²) in [6.07, 6.45) is -12.8. The van der Waals surface area contributed by atoms with Gasteiger partial charge in [0.15, 0.2) is 93.3 Å². The summed E-state index contributed by atoms with van der Waals surface area (Å²) in [6, 6.07) is 1.50. The number of aromatic hydroxyl groups is 16. The zero-order chi connectivity index (χ0) is 56.3. The molecule has 11 rings (SSSR count). The van der Waals surface area contributed by atoms with Gasteiger partial charge in [0.1, 0.15) is 18.3 Å². The molecule has 0 spiro atoms. The van der Waals surface area contributed by atoms with Gasteiger partial charge in [0.25, 0.3) is 0 Å². The number of rotatable bonds is 0. The van der Waals surface area contributed by atoms with Crippen LogP contribution < -0.4 is 11.3 Å². The maximum Gasteiger partial charge on any atom is 0.345 e. The highest BCUT2D eigenvalue weighted by Crippen LogP contribution is 2.59. The van der Waals surface area contributed by atoms with Gasteiger partial charge in [0.05, 0.1) is 27.5 Å². The Hall–Kier alpha value is -11.1. The highest BCUT2D eigenvalue weighted by molar-refractivity contribution is 6.29. The van der Waals surface area contributed by atoms with Gasteiger partial charge in [-0.05, 0) is 24.3 Å². The smallest absolute Gasteiger partial charge is 0.345 e. The van der Waals surface area contributed by atoms with Crippen molar-refractivity contribution in [3.63, 3.8) is 0 Å². The van der Waals surface area contributed by atoms with Gasteiger partial charge in [0.2, 0.25) is 34.5 Å². The van der Waals surface area contributed by atoms with E-state index in [0.717, 1.165) is 0 Å². The van der Waals surface area contributed by atoms with E-state index < -0.39 is 253 Å². The van der Waals surface area contributed by atoms with Gasteiger partial charge in [-0.25, -0.2) is 28.8 Å². The predicted molar refractivity (Wildman–Crippen MR) is 245 cm³/mol. The van der Waals surface area contributed by atoms with Crippen LogP contribution in [0.2, 0.25) is 0 Å². The molecule has 3 aliphatic heterocycles. The topological polar surface area (TPSA) is 519 Å². The summed E-state index contributed by atoms with van der Waals surface area (Å²) in [5.74, 6) is -31.1. The van der Waals surface area contributed by atoms with Crippen molar-refractivity contribution in [2.75, 3.05) is 6.61 Å². The molecule has 1 fully saturated rings. The minimum atomic E-state index is -2.69. The lowest BCUT2D eigenvalue weighted by Gasteiger charge is -2.43. The summed E-state index contributed by atoms with van der Waals surface area (Å²) < 4.78 is 38.4. The first-order valence-corrected chi connectivity index (χ1v) is 21.7. The lowest BCUT2D eigenvalue weighted by molar-refractivity contribution is -0.284. The molecular formula is C48H28O30. The van der Waals surface area contributed by atoms with E-state index in [1.54, 1.807) is 0 Å². The molecule has 1 unspecified atom stereocenters. The van der Waals surface area contributed by atoms with Crippen molar-refractivity contribution >= 4 is 56.6 Å². The first-order valence-electron chi connectivity index (χ1n) is 21.7. The Morgan fingerprint density at radius 3 is 1.21 bits per heavy atom. The van der Waals surface area contributed by atoms with Crippen molar-refractivity contribution in [2.45, 2.75) is 30.7 Å². The number of aliphatic hydroxyl groups is 1. The molecule has 30 nitrogen and oxygen atoms in total. The van der Waals surface area contributed by atoms with Crippen molar-refractivity contribution in [1.29, 1.82) is 0 Å². The van der Waals surface area contributed by atoms with Crippen LogP contribution in [0.4, 0.5) is 0 Å². The molecule has 0 radical (unpaired) electrons. The van der Waals surface area contributed by atoms with Crippen LogP contribution in [0.5, 0.6) is 92.0 Å². The zero-order valence-electron chi connectivity index (χ0n) is 37.8. The van der Waals surface area contributed by atoms with E-state index in [1.807, 2.05) is 0 Å². The minimum Gasteiger partial charge on any atom is -0.504 e. The summed E-state index contributed by atoms with van der Waals surface area (Å²) >= 11 is 0. The number of phenols is 16. The summed E-state index contributed by atoms with van der Waals surface area (Å²) in [6.45, 7) is -1.44. The number of carbonyl (C=O) groups excluding carboxylic acids is 4. The number of carbonyl (C=O) groups is 4. The highest BCUT2D eigenvalue weighted by atomic mass is 16.7. The van der Waals surface area contributed by atoms with Gasteiger partial charge in [-0.2, -0.15) is 0 Å². The quantitative estimate of drug-likeness (QED) is 0.0339. The molecule has 1 saturated heterocycles. The van der Waals surface area contributed by atoms with Gasteiger partial charge < -0.3 is 119 Å². The Balaban J connectivity index is 1.21. The third kappa shape index (κ3) is 6.49. The number of ether oxygens (including phenoxy) is 5. The maximum atomic E-state index is 15.0. The van der Waals surface area contributed by atoms with Crippen molar-refractivity contribution in [3.8, 4) is 125 Å². The van der Waals surface area contributed by atoms with Gasteiger partial charge in [-0.15, -0.1) is 0 Å². The van der Waals surface area contributed by atoms with Crippen LogP contribution in [0.3, 0.4) is 0 Å². The maximum absolute atomic E-state index is 15.0. The fourth-order valence-corrected chi connectivity index (χ4v) is 9.68. The molecule has 0 aliphatic carbocycles. The largest absolute Gasteiger partial charge is 0.504 e. The molecule has 400 valence electrons. The zero-order valence-corrected chi connectivity index (χ0v) is 37.8. The van der Waals surface area contributed by atoms with Crippen LogP contribution in [0.25, 0.3) is 66.1 Å². The molecule has 17 N–H and O–H groups in total. The van der Waals surface area contributed by atoms with Crippen molar-refractivity contribution < 1.29 is 139 Å². The van der Waals surface area contributed by atoms with E-state index in [0.29, 0.717) is 18.2 Å². The van der Waals surface area contributed by atoms with E-state index >= 15 is 0 Å². The lowest BCUT2D eigenvalue weighted by Crippen LogP contribution is -2.62. The number of benzene rings is 6. The first kappa shape index (κ1) is 49.1. The number of phenolic OH excluding ortho intramolecular Hbond substituents is 16. The fraction of sp³-hybridized carbons (Fsp3) is 0.125. The van der Waals surface area contributed by atoms with Crippen LogP contribution in [-0.2, 0) is 23.7 Å². The van der Waals surface area contributed by atoms with E-state index in [9.17, 15) is 116 Å². The molecule has 2 aromatic heterocycles. The van der Waals surface area contributed by atoms with E-state index in [2.05, 4.69) is 0 Å². The van der Waals surface area contributed by atoms with Crippen molar-refractivity contribution in [1.82, 2.24) is 0 Å². The Labute approximate surface area is 424 Å². The van der Waals surface area contributed by atoms with E-state index in [4.69, 9.17) is 32.5 Å². The molecule has 5 heterocycles. The molecule has 5 atom stereocenters. The van der Waals surface area contributed by atoms with Crippen LogP contribution >= 0.6 is 0 Å². The van der Waals surface area contributed by atoms with E-state index in [-0.39, 0.29) is 6.07 Å². The molecule has 0 amide bonds. The molecule has 8 bridgehead atoms. The average Bonchev–Trinajstić information content (AvgIpc) is 3.51. The number of hydrogen-bond acceptors (Lipinski definition) is 30. The SMILES string of the molecule is O=C1OC[C@H]2OC(O)[C@@H]3OC(=O)c4cc(O)c(O)c(O)c4-c4c(cc(O)c(O)c4O)C(=O)O[C@H]3[C@@H]2OC(=O)c2cc(O)c(O)c(O)c2-c2c(O)c(O)c3oc(=O)c4c(c(O)c(O)c5oc(=O)c2c3c54)-c2cc1c(O)c(O)c2O. The number of cyclic esters (lactones) is 1. The Kier molecular flexibility index (Phi) is 10.3. The second kappa shape index (κ2) is 16.4. The molecular weight excluding hydrogens is 1060 g/mol. The lowest BCUT2D eigenvalue weighted by atomic mass is 9.88. The predicted octanol–water partition coefficient (Wildman–Crippen LogP) is 1.96.